The van der Waals surface area contributed by atoms with E-state index < -0.39 is 0 Å². The molecule has 0 amide bonds. The molecule has 0 heteroatoms. The van der Waals surface area contributed by atoms with E-state index in [1.165, 1.54) is 47.9 Å². The molecule has 0 saturated heterocycles. The van der Waals surface area contributed by atoms with E-state index in [-0.39, 0.29) is 0 Å². The molecule has 0 heterocycles. The summed E-state index contributed by atoms with van der Waals surface area (Å²) >= 11 is 0. The van der Waals surface area contributed by atoms with E-state index in [9.17, 15) is 0 Å². The highest BCUT2D eigenvalue weighted by atomic mass is 14.3. The highest BCUT2D eigenvalue weighted by Gasteiger charge is 2.21. The summed E-state index contributed by atoms with van der Waals surface area (Å²) in [6, 6.07) is 31.6. The van der Waals surface area contributed by atoms with Crippen LogP contribution in [0.25, 0.3) is 0 Å². The fraction of sp³-hybridized carbons (Fsp3) is 0.400. The van der Waals surface area contributed by atoms with Crippen molar-refractivity contribution >= 4 is 0 Å². The minimum atomic E-state index is 0.459. The van der Waals surface area contributed by atoms with E-state index in [4.69, 9.17) is 0 Å². The molecule has 0 aliphatic heterocycles. The summed E-state index contributed by atoms with van der Waals surface area (Å²) < 4.78 is 0. The van der Waals surface area contributed by atoms with Crippen molar-refractivity contribution in [3.05, 3.63) is 107 Å². The minimum absolute atomic E-state index is 0.459. The van der Waals surface area contributed by atoms with Crippen molar-refractivity contribution in [2.24, 2.45) is 11.8 Å². The number of hydrogen-bond acceptors (Lipinski definition) is 0. The Bertz CT molecular complexity index is 794. The van der Waals surface area contributed by atoms with Crippen LogP contribution in [0.5, 0.6) is 0 Å². The van der Waals surface area contributed by atoms with Crippen LogP contribution in [0.3, 0.4) is 0 Å². The molecule has 0 nitrogen and oxygen atoms in total. The van der Waals surface area contributed by atoms with Crippen LogP contribution in [0.15, 0.2) is 84.9 Å². The molecule has 0 spiro atoms. The van der Waals surface area contributed by atoms with Gasteiger partial charge in [0.1, 0.15) is 0 Å². The molecule has 4 atom stereocenters. The summed E-state index contributed by atoms with van der Waals surface area (Å²) in [6.45, 7) is 9.38. The van der Waals surface area contributed by atoms with Gasteiger partial charge in [0.05, 0.1) is 0 Å². The van der Waals surface area contributed by atoms with Crippen molar-refractivity contribution in [1.29, 1.82) is 0 Å². The molecule has 4 unspecified atom stereocenters. The molecule has 3 rings (SSSR count). The number of hydrogen-bond donors (Lipinski definition) is 0. The third kappa shape index (κ3) is 5.85. The van der Waals surface area contributed by atoms with E-state index in [2.05, 4.69) is 113 Å². The second-order valence-corrected chi connectivity index (χ2v) is 9.09. The van der Waals surface area contributed by atoms with E-state index in [0.29, 0.717) is 23.7 Å². The number of rotatable bonds is 10. The van der Waals surface area contributed by atoms with Crippen LogP contribution in [-0.4, -0.2) is 0 Å². The maximum Gasteiger partial charge on any atom is 0.00919 e. The van der Waals surface area contributed by atoms with Gasteiger partial charge in [0, 0.05) is 11.8 Å². The SMILES string of the molecule is CCC(C)CC(c1ccccc1)c1cccc(C(CC(C)CC)c2ccccc2)c1. The van der Waals surface area contributed by atoms with E-state index in [0.717, 1.165) is 0 Å². The topological polar surface area (TPSA) is 0 Å². The van der Waals surface area contributed by atoms with Crippen molar-refractivity contribution in [3.8, 4) is 0 Å². The molecule has 0 fully saturated rings. The van der Waals surface area contributed by atoms with Crippen LogP contribution in [0.4, 0.5) is 0 Å². The molecular weight excluding hydrogens is 360 g/mol. The average Bonchev–Trinajstić information content (AvgIpc) is 2.81. The third-order valence-electron chi connectivity index (χ3n) is 6.79. The predicted molar refractivity (Wildman–Crippen MR) is 131 cm³/mol. The van der Waals surface area contributed by atoms with Gasteiger partial charge in [-0.3, -0.25) is 0 Å². The third-order valence-corrected chi connectivity index (χ3v) is 6.79. The Kier molecular flexibility index (Phi) is 8.31. The Labute approximate surface area is 184 Å². The maximum absolute atomic E-state index is 2.50. The largest absolute Gasteiger partial charge is 0.0651 e. The zero-order valence-electron chi connectivity index (χ0n) is 19.2. The Balaban J connectivity index is 2.00. The van der Waals surface area contributed by atoms with Crippen molar-refractivity contribution in [3.63, 3.8) is 0 Å². The fourth-order valence-corrected chi connectivity index (χ4v) is 4.43. The van der Waals surface area contributed by atoms with Gasteiger partial charge >= 0.3 is 0 Å². The maximum atomic E-state index is 2.50. The summed E-state index contributed by atoms with van der Waals surface area (Å²) in [4.78, 5) is 0. The highest BCUT2D eigenvalue weighted by Crippen LogP contribution is 2.36. The van der Waals surface area contributed by atoms with Crippen LogP contribution in [0.2, 0.25) is 0 Å². The first-order valence-corrected chi connectivity index (χ1v) is 11.8. The van der Waals surface area contributed by atoms with Crippen LogP contribution in [-0.2, 0) is 0 Å². The Morgan fingerprint density at radius 3 is 1.23 bits per heavy atom. The van der Waals surface area contributed by atoms with E-state index >= 15 is 0 Å². The monoisotopic (exact) mass is 398 g/mol. The molecule has 3 aromatic rings. The quantitative estimate of drug-likeness (QED) is 0.320. The normalized spacial score (nSPS) is 15.3. The second kappa shape index (κ2) is 11.2. The standard InChI is InChI=1S/C30H38/c1-5-23(3)20-29(25-14-9-7-10-15-25)27-18-13-19-28(22-27)30(21-24(4)6-2)26-16-11-8-12-17-26/h7-19,22-24,29-30H,5-6,20-21H2,1-4H3. The van der Waals surface area contributed by atoms with Crippen LogP contribution >= 0.6 is 0 Å². The van der Waals surface area contributed by atoms with Gasteiger partial charge in [0.15, 0.2) is 0 Å². The summed E-state index contributed by atoms with van der Waals surface area (Å²) in [7, 11) is 0. The van der Waals surface area contributed by atoms with Crippen molar-refractivity contribution < 1.29 is 0 Å². The van der Waals surface area contributed by atoms with Gasteiger partial charge in [-0.1, -0.05) is 125 Å². The van der Waals surface area contributed by atoms with Crippen LogP contribution in [0, 0.1) is 11.8 Å². The molecule has 0 N–H and O–H groups in total. The van der Waals surface area contributed by atoms with Gasteiger partial charge in [-0.05, 0) is 46.9 Å². The summed E-state index contributed by atoms with van der Waals surface area (Å²) in [5, 5.41) is 0. The lowest BCUT2D eigenvalue weighted by Gasteiger charge is -2.25. The lowest BCUT2D eigenvalue weighted by atomic mass is 9.79. The van der Waals surface area contributed by atoms with Crippen LogP contribution in [0.1, 0.15) is 87.5 Å². The highest BCUT2D eigenvalue weighted by molar-refractivity contribution is 5.39. The van der Waals surface area contributed by atoms with E-state index in [1.807, 2.05) is 0 Å². The molecule has 0 aliphatic rings. The summed E-state index contributed by atoms with van der Waals surface area (Å²) in [6.07, 6.45) is 4.85. The minimum Gasteiger partial charge on any atom is -0.0651 e. The Hall–Kier alpha value is -2.34. The lowest BCUT2D eigenvalue weighted by molar-refractivity contribution is 0.479. The van der Waals surface area contributed by atoms with Crippen molar-refractivity contribution in [2.75, 3.05) is 0 Å². The molecule has 3 aromatic carbocycles. The van der Waals surface area contributed by atoms with Gasteiger partial charge in [-0.25, -0.2) is 0 Å². The Morgan fingerprint density at radius 1 is 0.500 bits per heavy atom. The summed E-state index contributed by atoms with van der Waals surface area (Å²) in [5.74, 6) is 2.34. The smallest absolute Gasteiger partial charge is 0.00919 e. The first-order chi connectivity index (χ1) is 14.6. The average molecular weight is 399 g/mol. The number of benzene rings is 3. The van der Waals surface area contributed by atoms with Crippen molar-refractivity contribution in [1.82, 2.24) is 0 Å². The van der Waals surface area contributed by atoms with Gasteiger partial charge in [-0.2, -0.15) is 0 Å². The predicted octanol–water partition coefficient (Wildman–Crippen LogP) is 8.82. The molecule has 0 aliphatic carbocycles. The van der Waals surface area contributed by atoms with Crippen LogP contribution < -0.4 is 0 Å². The van der Waals surface area contributed by atoms with Crippen molar-refractivity contribution in [2.45, 2.75) is 65.2 Å². The first-order valence-electron chi connectivity index (χ1n) is 11.8. The van der Waals surface area contributed by atoms with E-state index in [1.54, 1.807) is 0 Å². The van der Waals surface area contributed by atoms with Gasteiger partial charge in [-0.15, -0.1) is 0 Å². The first kappa shape index (κ1) is 22.3. The lowest BCUT2D eigenvalue weighted by Crippen LogP contribution is -2.10. The van der Waals surface area contributed by atoms with Gasteiger partial charge in [0.25, 0.3) is 0 Å². The summed E-state index contributed by atoms with van der Waals surface area (Å²) in [5.41, 5.74) is 5.80. The molecule has 0 aromatic heterocycles. The Morgan fingerprint density at radius 2 is 0.867 bits per heavy atom. The zero-order valence-corrected chi connectivity index (χ0v) is 19.2. The molecular formula is C30H38. The van der Waals surface area contributed by atoms with Gasteiger partial charge < -0.3 is 0 Å². The molecule has 0 bridgehead atoms. The second-order valence-electron chi connectivity index (χ2n) is 9.09. The molecule has 30 heavy (non-hydrogen) atoms. The fourth-order valence-electron chi connectivity index (χ4n) is 4.43. The molecule has 158 valence electrons. The van der Waals surface area contributed by atoms with Gasteiger partial charge in [0.2, 0.25) is 0 Å². The zero-order chi connectivity index (χ0) is 21.3. The molecule has 0 radical (unpaired) electrons. The molecule has 0 saturated carbocycles.